The highest BCUT2D eigenvalue weighted by atomic mass is 16.2. The summed E-state index contributed by atoms with van der Waals surface area (Å²) in [6, 6.07) is 6.81. The van der Waals surface area contributed by atoms with Crippen LogP contribution in [0.5, 0.6) is 0 Å². The highest BCUT2D eigenvalue weighted by Crippen LogP contribution is 2.23. The van der Waals surface area contributed by atoms with E-state index in [1.807, 2.05) is 29.6 Å². The fourth-order valence-electron chi connectivity index (χ4n) is 1.90. The number of hydrogen-bond donors (Lipinski definition) is 2. The first kappa shape index (κ1) is 13.0. The van der Waals surface area contributed by atoms with Crippen LogP contribution < -0.4 is 11.1 Å². The summed E-state index contributed by atoms with van der Waals surface area (Å²) in [5.74, 6) is -0.240. The third kappa shape index (κ3) is 2.70. The molecule has 0 bridgehead atoms. The third-order valence-corrected chi connectivity index (χ3v) is 2.91. The lowest BCUT2D eigenvalue weighted by atomic mass is 9.99. The van der Waals surface area contributed by atoms with E-state index < -0.39 is 11.9 Å². The molecule has 1 aromatic carbocycles. The van der Waals surface area contributed by atoms with E-state index in [-0.39, 0.29) is 5.69 Å². The van der Waals surface area contributed by atoms with Crippen LogP contribution in [-0.2, 0) is 0 Å². The standard InChI is InChI=1S/C14H15N3O2/c1-8(2)10-4-3-9-5-6-16-12(11(9)7-10)13(18)17-14(15)19/h3-8H,1-2H3,(H3,15,17,18,19). The number of imide groups is 1. The molecule has 5 nitrogen and oxygen atoms in total. The van der Waals surface area contributed by atoms with Crippen LogP contribution in [0.15, 0.2) is 30.5 Å². The summed E-state index contributed by atoms with van der Waals surface area (Å²) < 4.78 is 0. The van der Waals surface area contributed by atoms with E-state index in [1.54, 1.807) is 0 Å². The second kappa shape index (κ2) is 5.06. The summed E-state index contributed by atoms with van der Waals surface area (Å²) in [5, 5.41) is 3.65. The van der Waals surface area contributed by atoms with Gasteiger partial charge in [-0.2, -0.15) is 0 Å². The zero-order valence-electron chi connectivity index (χ0n) is 10.8. The Hall–Kier alpha value is -2.43. The number of hydrogen-bond acceptors (Lipinski definition) is 3. The molecule has 3 N–H and O–H groups in total. The number of nitrogens with one attached hydrogen (secondary N) is 1. The van der Waals surface area contributed by atoms with Crippen LogP contribution >= 0.6 is 0 Å². The van der Waals surface area contributed by atoms with E-state index in [9.17, 15) is 9.59 Å². The largest absolute Gasteiger partial charge is 0.351 e. The molecule has 0 saturated carbocycles. The van der Waals surface area contributed by atoms with Crippen molar-refractivity contribution in [2.24, 2.45) is 5.73 Å². The number of rotatable bonds is 2. The van der Waals surface area contributed by atoms with Crippen LogP contribution in [0.3, 0.4) is 0 Å². The van der Waals surface area contributed by atoms with Crippen molar-refractivity contribution in [3.8, 4) is 0 Å². The lowest BCUT2D eigenvalue weighted by Gasteiger charge is -2.09. The summed E-state index contributed by atoms with van der Waals surface area (Å²) >= 11 is 0. The maximum atomic E-state index is 11.9. The maximum Gasteiger partial charge on any atom is 0.319 e. The van der Waals surface area contributed by atoms with Gasteiger partial charge < -0.3 is 5.73 Å². The van der Waals surface area contributed by atoms with Gasteiger partial charge in [-0.1, -0.05) is 26.0 Å². The van der Waals surface area contributed by atoms with E-state index in [2.05, 4.69) is 18.8 Å². The summed E-state index contributed by atoms with van der Waals surface area (Å²) in [6.45, 7) is 4.14. The summed E-state index contributed by atoms with van der Waals surface area (Å²) in [4.78, 5) is 26.7. The van der Waals surface area contributed by atoms with Gasteiger partial charge in [-0.3, -0.25) is 15.1 Å². The van der Waals surface area contributed by atoms with Gasteiger partial charge in [-0.05, 0) is 29.0 Å². The molecule has 0 spiro atoms. The van der Waals surface area contributed by atoms with Crippen LogP contribution in [0, 0.1) is 0 Å². The molecule has 19 heavy (non-hydrogen) atoms. The average Bonchev–Trinajstić information content (AvgIpc) is 2.36. The molecule has 1 heterocycles. The number of pyridine rings is 1. The van der Waals surface area contributed by atoms with Crippen molar-refractivity contribution in [3.63, 3.8) is 0 Å². The molecule has 0 atom stereocenters. The van der Waals surface area contributed by atoms with Crippen molar-refractivity contribution in [3.05, 3.63) is 41.7 Å². The molecule has 0 saturated heterocycles. The van der Waals surface area contributed by atoms with Crippen LogP contribution in [0.2, 0.25) is 0 Å². The predicted octanol–water partition coefficient (Wildman–Crippen LogP) is 2.17. The zero-order chi connectivity index (χ0) is 14.0. The van der Waals surface area contributed by atoms with Gasteiger partial charge >= 0.3 is 6.03 Å². The van der Waals surface area contributed by atoms with Gasteiger partial charge in [0.1, 0.15) is 5.69 Å². The number of nitrogens with two attached hydrogens (primary N) is 1. The first-order valence-corrected chi connectivity index (χ1v) is 5.98. The van der Waals surface area contributed by atoms with E-state index >= 15 is 0 Å². The molecule has 2 rings (SSSR count). The number of fused-ring (bicyclic) bond motifs is 1. The Morgan fingerprint density at radius 3 is 2.63 bits per heavy atom. The molecule has 0 aliphatic rings. The first-order chi connectivity index (χ1) is 8.99. The van der Waals surface area contributed by atoms with Gasteiger partial charge in [-0.25, -0.2) is 4.79 Å². The number of benzene rings is 1. The van der Waals surface area contributed by atoms with Crippen molar-refractivity contribution in [1.29, 1.82) is 0 Å². The minimum Gasteiger partial charge on any atom is -0.351 e. The molecule has 3 amide bonds. The Balaban J connectivity index is 2.57. The van der Waals surface area contributed by atoms with Gasteiger partial charge in [0, 0.05) is 11.6 Å². The van der Waals surface area contributed by atoms with Gasteiger partial charge in [0.25, 0.3) is 5.91 Å². The van der Waals surface area contributed by atoms with Crippen LogP contribution in [0.25, 0.3) is 10.8 Å². The predicted molar refractivity (Wildman–Crippen MR) is 72.9 cm³/mol. The average molecular weight is 257 g/mol. The van der Waals surface area contributed by atoms with Crippen molar-refractivity contribution < 1.29 is 9.59 Å². The second-order valence-corrected chi connectivity index (χ2v) is 4.61. The molecule has 0 radical (unpaired) electrons. The van der Waals surface area contributed by atoms with Crippen LogP contribution in [0.4, 0.5) is 4.79 Å². The van der Waals surface area contributed by atoms with E-state index in [4.69, 9.17) is 5.73 Å². The molecule has 0 aliphatic carbocycles. The highest BCUT2D eigenvalue weighted by Gasteiger charge is 2.14. The smallest absolute Gasteiger partial charge is 0.319 e. The monoisotopic (exact) mass is 257 g/mol. The fourth-order valence-corrected chi connectivity index (χ4v) is 1.90. The van der Waals surface area contributed by atoms with Crippen molar-refractivity contribution in [2.45, 2.75) is 19.8 Å². The lowest BCUT2D eigenvalue weighted by molar-refractivity contribution is 0.0963. The summed E-state index contributed by atoms with van der Waals surface area (Å²) in [6.07, 6.45) is 1.54. The number of carbonyl (C=O) groups is 2. The Kier molecular flexibility index (Phi) is 3.46. The summed E-state index contributed by atoms with van der Waals surface area (Å²) in [7, 11) is 0. The summed E-state index contributed by atoms with van der Waals surface area (Å²) in [5.41, 5.74) is 6.27. The van der Waals surface area contributed by atoms with Crippen molar-refractivity contribution >= 4 is 22.7 Å². The van der Waals surface area contributed by atoms with Crippen molar-refractivity contribution in [2.75, 3.05) is 0 Å². The number of nitrogens with zero attached hydrogens (tertiary/aromatic N) is 1. The Morgan fingerprint density at radius 1 is 1.26 bits per heavy atom. The number of aromatic nitrogens is 1. The van der Waals surface area contributed by atoms with Gasteiger partial charge in [0.2, 0.25) is 0 Å². The Bertz CT molecular complexity index is 650. The minimum absolute atomic E-state index is 0.207. The number of carbonyl (C=O) groups excluding carboxylic acids is 2. The van der Waals surface area contributed by atoms with Crippen LogP contribution in [-0.4, -0.2) is 16.9 Å². The molecular formula is C14H15N3O2. The van der Waals surface area contributed by atoms with Gasteiger partial charge in [0.05, 0.1) is 0 Å². The number of amides is 3. The number of primary amides is 1. The van der Waals surface area contributed by atoms with Gasteiger partial charge in [0.15, 0.2) is 0 Å². The molecule has 0 aliphatic heterocycles. The zero-order valence-corrected chi connectivity index (χ0v) is 10.8. The third-order valence-electron chi connectivity index (χ3n) is 2.91. The minimum atomic E-state index is -0.885. The lowest BCUT2D eigenvalue weighted by Crippen LogP contribution is -2.35. The molecule has 98 valence electrons. The first-order valence-electron chi connectivity index (χ1n) is 5.98. The van der Waals surface area contributed by atoms with E-state index in [1.165, 1.54) is 6.20 Å². The number of urea groups is 1. The normalized spacial score (nSPS) is 10.7. The Morgan fingerprint density at radius 2 is 2.00 bits per heavy atom. The molecular weight excluding hydrogens is 242 g/mol. The quantitative estimate of drug-likeness (QED) is 0.864. The van der Waals surface area contributed by atoms with Gasteiger partial charge in [-0.15, -0.1) is 0 Å². The molecule has 0 fully saturated rings. The Labute approximate surface area is 110 Å². The molecule has 5 heteroatoms. The van der Waals surface area contributed by atoms with Crippen molar-refractivity contribution in [1.82, 2.24) is 10.3 Å². The van der Waals surface area contributed by atoms with Crippen LogP contribution in [0.1, 0.15) is 35.8 Å². The molecule has 0 unspecified atom stereocenters. The maximum absolute atomic E-state index is 11.9. The van der Waals surface area contributed by atoms with E-state index in [0.717, 1.165) is 10.9 Å². The molecule has 2 aromatic rings. The fraction of sp³-hybridized carbons (Fsp3) is 0.214. The SMILES string of the molecule is CC(C)c1ccc2ccnc(C(=O)NC(N)=O)c2c1. The molecule has 1 aromatic heterocycles. The van der Waals surface area contributed by atoms with E-state index in [0.29, 0.717) is 11.3 Å². The second-order valence-electron chi connectivity index (χ2n) is 4.61. The highest BCUT2D eigenvalue weighted by molar-refractivity contribution is 6.10. The topological polar surface area (TPSA) is 85.1 Å².